The van der Waals surface area contributed by atoms with Crippen LogP contribution in [-0.4, -0.2) is 48.2 Å². The zero-order valence-corrected chi connectivity index (χ0v) is 19.8. The fourth-order valence-electron chi connectivity index (χ4n) is 4.20. The third-order valence-corrected chi connectivity index (χ3v) is 8.16. The second kappa shape index (κ2) is 9.31. The molecule has 35 heavy (non-hydrogen) atoms. The summed E-state index contributed by atoms with van der Waals surface area (Å²) < 4.78 is 33.6. The molecule has 3 aromatic rings. The number of hydrogen-bond donors (Lipinski definition) is 2. The number of nitrogens with one attached hydrogen (secondary N) is 2. The number of aromatic nitrogens is 1. The van der Waals surface area contributed by atoms with E-state index >= 15 is 0 Å². The number of anilines is 1. The highest BCUT2D eigenvalue weighted by Gasteiger charge is 2.28. The van der Waals surface area contributed by atoms with Crippen molar-refractivity contribution < 1.29 is 22.4 Å². The highest BCUT2D eigenvalue weighted by molar-refractivity contribution is 7.89. The largest absolute Gasteiger partial charge is 0.419 e. The molecule has 1 aliphatic carbocycles. The zero-order valence-electron chi connectivity index (χ0n) is 19.0. The van der Waals surface area contributed by atoms with Crippen LogP contribution in [0.3, 0.4) is 0 Å². The van der Waals surface area contributed by atoms with E-state index in [4.69, 9.17) is 4.42 Å². The summed E-state index contributed by atoms with van der Waals surface area (Å²) >= 11 is 0. The summed E-state index contributed by atoms with van der Waals surface area (Å²) in [5, 5.41) is 5.65. The molecule has 2 heterocycles. The van der Waals surface area contributed by atoms with E-state index in [1.54, 1.807) is 24.3 Å². The maximum Gasteiger partial charge on any atom is 0.419 e. The van der Waals surface area contributed by atoms with Crippen LogP contribution in [0.2, 0.25) is 0 Å². The summed E-state index contributed by atoms with van der Waals surface area (Å²) in [6, 6.07) is 11.3. The van der Waals surface area contributed by atoms with E-state index in [9.17, 15) is 22.8 Å². The number of carbonyl (C=O) groups is 2. The van der Waals surface area contributed by atoms with Crippen molar-refractivity contribution in [1.29, 1.82) is 0 Å². The fourth-order valence-corrected chi connectivity index (χ4v) is 5.74. The van der Waals surface area contributed by atoms with Crippen LogP contribution < -0.4 is 16.4 Å². The first kappa shape index (κ1) is 23.3. The molecule has 2 aromatic carbocycles. The van der Waals surface area contributed by atoms with Crippen molar-refractivity contribution in [2.24, 2.45) is 0 Å². The average Bonchev–Trinajstić information content (AvgIpc) is 3.35. The predicted molar refractivity (Wildman–Crippen MR) is 129 cm³/mol. The van der Waals surface area contributed by atoms with Crippen molar-refractivity contribution in [1.82, 2.24) is 14.2 Å². The number of carbonyl (C=O) groups excluding carboxylic acids is 2. The molecular weight excluding hydrogens is 472 g/mol. The number of rotatable bonds is 8. The van der Waals surface area contributed by atoms with Crippen LogP contribution in [0.15, 0.2) is 56.6 Å². The molecule has 2 N–H and O–H groups in total. The molecule has 2 amide bonds. The molecule has 11 heteroatoms. The smallest absolute Gasteiger partial charge is 0.408 e. The Morgan fingerprint density at radius 3 is 2.54 bits per heavy atom. The van der Waals surface area contributed by atoms with E-state index in [0.717, 1.165) is 25.7 Å². The molecule has 0 bridgehead atoms. The van der Waals surface area contributed by atoms with Gasteiger partial charge in [0.2, 0.25) is 15.9 Å². The molecule has 2 aliphatic rings. The van der Waals surface area contributed by atoms with Crippen LogP contribution in [0.25, 0.3) is 11.1 Å². The number of benzene rings is 2. The molecule has 0 unspecified atom stereocenters. The minimum atomic E-state index is -3.64. The van der Waals surface area contributed by atoms with Gasteiger partial charge in [-0.1, -0.05) is 12.1 Å². The number of hydrogen-bond acceptors (Lipinski definition) is 6. The minimum absolute atomic E-state index is 0.0341. The van der Waals surface area contributed by atoms with Gasteiger partial charge in [-0.2, -0.15) is 4.31 Å². The van der Waals surface area contributed by atoms with Crippen LogP contribution in [-0.2, 0) is 21.4 Å². The fraction of sp³-hybridized carbons (Fsp3) is 0.375. The summed E-state index contributed by atoms with van der Waals surface area (Å²) in [4.78, 5) is 37.6. The van der Waals surface area contributed by atoms with Crippen molar-refractivity contribution in [2.75, 3.05) is 18.4 Å². The molecule has 10 nitrogen and oxygen atoms in total. The second-order valence-electron chi connectivity index (χ2n) is 8.85. The van der Waals surface area contributed by atoms with Gasteiger partial charge in [0.1, 0.15) is 0 Å². The molecule has 0 spiro atoms. The van der Waals surface area contributed by atoms with Gasteiger partial charge >= 0.3 is 5.76 Å². The highest BCUT2D eigenvalue weighted by Crippen LogP contribution is 2.25. The standard InChI is InChI=1S/C24H26N4O6S/c29-22(26-19-6-2-1-5-18(19)23(30)25-16-7-8-16)11-14-28-20-10-9-17(15-21(20)34-24(28)31)35(32,33)27-12-3-4-13-27/h1-2,5-6,9-10,15-16H,3-4,7-8,11-14H2,(H,25,30)(H,26,29). The molecule has 1 saturated heterocycles. The van der Waals surface area contributed by atoms with Crippen molar-refractivity contribution >= 4 is 38.6 Å². The lowest BCUT2D eigenvalue weighted by atomic mass is 10.1. The lowest BCUT2D eigenvalue weighted by Gasteiger charge is -2.15. The van der Waals surface area contributed by atoms with Gasteiger partial charge in [0, 0.05) is 38.2 Å². The SMILES string of the molecule is O=C(CCn1c(=O)oc2cc(S(=O)(=O)N3CCCC3)ccc21)Nc1ccccc1C(=O)NC1CC1. The van der Waals surface area contributed by atoms with Crippen LogP contribution in [0.4, 0.5) is 5.69 Å². The Hall–Kier alpha value is -3.44. The number of amides is 2. The summed E-state index contributed by atoms with van der Waals surface area (Å²) in [6.45, 7) is 0.990. The van der Waals surface area contributed by atoms with Crippen molar-refractivity contribution in [2.45, 2.75) is 49.6 Å². The van der Waals surface area contributed by atoms with Gasteiger partial charge in [0.15, 0.2) is 5.58 Å². The molecule has 0 radical (unpaired) electrons. The van der Waals surface area contributed by atoms with Crippen molar-refractivity contribution in [3.8, 4) is 0 Å². The summed E-state index contributed by atoms with van der Waals surface area (Å²) in [5.41, 5.74) is 1.34. The number of oxazole rings is 1. The summed E-state index contributed by atoms with van der Waals surface area (Å²) in [5.74, 6) is -1.28. The van der Waals surface area contributed by atoms with Crippen molar-refractivity contribution in [3.05, 3.63) is 58.6 Å². The lowest BCUT2D eigenvalue weighted by Crippen LogP contribution is -2.27. The van der Waals surface area contributed by atoms with Gasteiger partial charge in [-0.3, -0.25) is 14.2 Å². The monoisotopic (exact) mass is 498 g/mol. The van der Waals surface area contributed by atoms with Gasteiger partial charge in [-0.05, 0) is 49.9 Å². The van der Waals surface area contributed by atoms with Crippen molar-refractivity contribution in [3.63, 3.8) is 0 Å². The quantitative estimate of drug-likeness (QED) is 0.490. The molecular formula is C24H26N4O6S. The van der Waals surface area contributed by atoms with E-state index in [0.29, 0.717) is 29.9 Å². The van der Waals surface area contributed by atoms with Crippen LogP contribution in [0.1, 0.15) is 42.5 Å². The summed E-state index contributed by atoms with van der Waals surface area (Å²) in [7, 11) is -3.64. The normalized spacial score (nSPS) is 16.5. The Morgan fingerprint density at radius 2 is 1.80 bits per heavy atom. The predicted octanol–water partition coefficient (Wildman–Crippen LogP) is 2.30. The first-order valence-electron chi connectivity index (χ1n) is 11.7. The van der Waals surface area contributed by atoms with E-state index in [-0.39, 0.29) is 41.3 Å². The van der Waals surface area contributed by atoms with Gasteiger partial charge in [-0.15, -0.1) is 0 Å². The number of para-hydroxylation sites is 1. The third-order valence-electron chi connectivity index (χ3n) is 6.26. The van der Waals surface area contributed by atoms with Crippen LogP contribution in [0, 0.1) is 0 Å². The molecule has 1 aromatic heterocycles. The van der Waals surface area contributed by atoms with Crippen LogP contribution in [0.5, 0.6) is 0 Å². The van der Waals surface area contributed by atoms with E-state index in [2.05, 4.69) is 10.6 Å². The molecule has 2 fully saturated rings. The second-order valence-corrected chi connectivity index (χ2v) is 10.8. The highest BCUT2D eigenvalue weighted by atomic mass is 32.2. The Bertz CT molecular complexity index is 1450. The zero-order chi connectivity index (χ0) is 24.6. The lowest BCUT2D eigenvalue weighted by molar-refractivity contribution is -0.116. The van der Waals surface area contributed by atoms with Gasteiger partial charge in [0.25, 0.3) is 5.91 Å². The molecule has 5 rings (SSSR count). The van der Waals surface area contributed by atoms with Gasteiger partial charge in [0.05, 0.1) is 21.7 Å². The Labute approximate surface area is 202 Å². The van der Waals surface area contributed by atoms with Gasteiger partial charge < -0.3 is 15.1 Å². The van der Waals surface area contributed by atoms with Crippen LogP contribution >= 0.6 is 0 Å². The molecule has 0 atom stereocenters. The first-order valence-corrected chi connectivity index (χ1v) is 13.1. The van der Waals surface area contributed by atoms with E-state index in [1.165, 1.54) is 27.1 Å². The molecule has 1 aliphatic heterocycles. The minimum Gasteiger partial charge on any atom is -0.408 e. The number of aryl methyl sites for hydroxylation is 1. The Balaban J connectivity index is 1.29. The maximum absolute atomic E-state index is 12.8. The first-order chi connectivity index (χ1) is 16.8. The van der Waals surface area contributed by atoms with E-state index in [1.807, 2.05) is 0 Å². The number of nitrogens with zero attached hydrogens (tertiary/aromatic N) is 2. The Kier molecular flexibility index (Phi) is 6.20. The average molecular weight is 499 g/mol. The number of fused-ring (bicyclic) bond motifs is 1. The molecule has 184 valence electrons. The van der Waals surface area contributed by atoms with E-state index < -0.39 is 15.8 Å². The third kappa shape index (κ3) is 4.87. The molecule has 1 saturated carbocycles. The topological polar surface area (TPSA) is 131 Å². The summed E-state index contributed by atoms with van der Waals surface area (Å²) in [6.07, 6.45) is 3.52. The van der Waals surface area contributed by atoms with Gasteiger partial charge in [-0.25, -0.2) is 13.2 Å². The maximum atomic E-state index is 12.8. The number of sulfonamides is 1. The Morgan fingerprint density at radius 1 is 1.06 bits per heavy atom.